The molecule has 2 atom stereocenters. The molecule has 0 saturated carbocycles. The van der Waals surface area contributed by atoms with Crippen LogP contribution in [-0.4, -0.2) is 73.3 Å². The zero-order valence-corrected chi connectivity index (χ0v) is 28.3. The number of carbonyl (C=O) groups is 1. The molecule has 0 aliphatic carbocycles. The van der Waals surface area contributed by atoms with E-state index >= 15 is 0 Å². The minimum absolute atomic E-state index is 0.0377. The van der Waals surface area contributed by atoms with Crippen molar-refractivity contribution in [2.24, 2.45) is 0 Å². The number of hydrogen-bond donors (Lipinski definition) is 1. The Morgan fingerprint density at radius 2 is 1.71 bits per heavy atom. The number of nitrogens with one attached hydrogen (secondary N) is 1. The Morgan fingerprint density at radius 3 is 2.39 bits per heavy atom. The zero-order valence-electron chi connectivity index (χ0n) is 27.5. The van der Waals surface area contributed by atoms with E-state index in [1.54, 1.807) is 35.2 Å². The van der Waals surface area contributed by atoms with Gasteiger partial charge in [0.2, 0.25) is 0 Å². The maximum absolute atomic E-state index is 14.4. The number of carbonyl (C=O) groups excluding carboxylic acids is 1. The van der Waals surface area contributed by atoms with Crippen molar-refractivity contribution >= 4 is 26.6 Å². The summed E-state index contributed by atoms with van der Waals surface area (Å²) in [6, 6.07) is 18.8. The Bertz CT molecular complexity index is 1930. The third-order valence-electron chi connectivity index (χ3n) is 9.79. The highest BCUT2D eigenvalue weighted by atomic mass is 32.2. The van der Waals surface area contributed by atoms with Gasteiger partial charge in [-0.3, -0.25) is 14.6 Å². The molecule has 3 heterocycles. The lowest BCUT2D eigenvalue weighted by Gasteiger charge is -2.40. The average molecular weight is 697 g/mol. The van der Waals surface area contributed by atoms with E-state index < -0.39 is 34.6 Å². The molecular weight excluding hydrogens is 656 g/mol. The molecule has 260 valence electrons. The van der Waals surface area contributed by atoms with Crippen LogP contribution >= 0.6 is 0 Å². The van der Waals surface area contributed by atoms with Crippen molar-refractivity contribution in [2.45, 2.75) is 75.0 Å². The normalized spacial score (nSPS) is 18.9. The quantitative estimate of drug-likeness (QED) is 0.186. The van der Waals surface area contributed by atoms with Gasteiger partial charge >= 0.3 is 6.18 Å². The van der Waals surface area contributed by atoms with Crippen LogP contribution < -0.4 is 5.32 Å². The second kappa shape index (κ2) is 14.2. The van der Waals surface area contributed by atoms with Gasteiger partial charge in [-0.25, -0.2) is 17.8 Å². The highest BCUT2D eigenvalue weighted by Gasteiger charge is 2.48. The molecule has 4 aromatic rings. The van der Waals surface area contributed by atoms with Crippen LogP contribution in [0.5, 0.6) is 0 Å². The summed E-state index contributed by atoms with van der Waals surface area (Å²) in [5.41, 5.74) is 3.59. The lowest BCUT2D eigenvalue weighted by atomic mass is 9.93. The Balaban J connectivity index is 1.44. The predicted molar refractivity (Wildman–Crippen MR) is 182 cm³/mol. The molecule has 1 aromatic heterocycles. The van der Waals surface area contributed by atoms with Gasteiger partial charge in [-0.2, -0.15) is 13.2 Å². The van der Waals surface area contributed by atoms with E-state index in [1.807, 2.05) is 37.3 Å². The van der Waals surface area contributed by atoms with Gasteiger partial charge < -0.3 is 5.32 Å². The Hall–Kier alpha value is -3.87. The van der Waals surface area contributed by atoms with E-state index in [0.717, 1.165) is 11.8 Å². The molecule has 2 saturated heterocycles. The fourth-order valence-electron chi connectivity index (χ4n) is 7.27. The topological polar surface area (TPSA) is 82.6 Å². The van der Waals surface area contributed by atoms with Crippen LogP contribution in [0.25, 0.3) is 22.2 Å². The summed E-state index contributed by atoms with van der Waals surface area (Å²) in [4.78, 5) is 23.2. The number of pyridine rings is 1. The van der Waals surface area contributed by atoms with Crippen molar-refractivity contribution in [2.75, 3.05) is 25.9 Å². The van der Waals surface area contributed by atoms with Gasteiger partial charge in [0.15, 0.2) is 9.84 Å². The number of amides is 1. The van der Waals surface area contributed by atoms with Crippen LogP contribution in [0, 0.1) is 0 Å². The first kappa shape index (κ1) is 35.0. The highest BCUT2D eigenvalue weighted by molar-refractivity contribution is 7.90. The fraction of sp³-hybridized carbons (Fsp3) is 0.405. The second-order valence-corrected chi connectivity index (χ2v) is 15.2. The van der Waals surface area contributed by atoms with Gasteiger partial charge in [-0.15, -0.1) is 0 Å². The van der Waals surface area contributed by atoms with Crippen molar-refractivity contribution < 1.29 is 30.8 Å². The van der Waals surface area contributed by atoms with Gasteiger partial charge in [0.05, 0.1) is 27.7 Å². The number of hydrogen-bond acceptors (Lipinski definition) is 6. The molecule has 0 spiro atoms. The summed E-state index contributed by atoms with van der Waals surface area (Å²) in [5, 5.41) is 3.46. The van der Waals surface area contributed by atoms with E-state index in [9.17, 15) is 30.8 Å². The minimum Gasteiger partial charge on any atom is -0.345 e. The smallest absolute Gasteiger partial charge is 0.345 e. The number of sulfone groups is 1. The predicted octanol–water partition coefficient (Wildman–Crippen LogP) is 7.26. The summed E-state index contributed by atoms with van der Waals surface area (Å²) in [6.07, 6.45) is -1.47. The first-order valence-electron chi connectivity index (χ1n) is 16.6. The van der Waals surface area contributed by atoms with E-state index in [2.05, 4.69) is 10.2 Å². The maximum Gasteiger partial charge on any atom is 0.404 e. The molecule has 49 heavy (non-hydrogen) atoms. The van der Waals surface area contributed by atoms with Gasteiger partial charge in [0, 0.05) is 35.4 Å². The lowest BCUT2D eigenvalue weighted by Crippen LogP contribution is -2.50. The minimum atomic E-state index is -4.27. The van der Waals surface area contributed by atoms with Crippen LogP contribution in [0.15, 0.2) is 77.7 Å². The Kier molecular flexibility index (Phi) is 10.1. The number of alkyl halides is 4. The highest BCUT2D eigenvalue weighted by Crippen LogP contribution is 2.38. The first-order chi connectivity index (χ1) is 23.3. The van der Waals surface area contributed by atoms with Crippen LogP contribution in [0.3, 0.4) is 0 Å². The van der Waals surface area contributed by atoms with E-state index in [4.69, 9.17) is 4.98 Å². The lowest BCUT2D eigenvalue weighted by molar-refractivity contribution is -0.182. The summed E-state index contributed by atoms with van der Waals surface area (Å²) in [7, 11) is -3.64. The van der Waals surface area contributed by atoms with Crippen LogP contribution in [0.2, 0.25) is 0 Å². The number of halogens is 4. The molecule has 12 heteroatoms. The number of fused-ring (bicyclic) bond motifs is 1. The molecule has 1 amide bonds. The molecular formula is C37H40F4N4O3S. The molecule has 6 rings (SSSR count). The van der Waals surface area contributed by atoms with Crippen LogP contribution in [0.1, 0.15) is 65.7 Å². The molecule has 3 aromatic carbocycles. The number of nitrogens with zero attached hydrogens (tertiary/aromatic N) is 3. The number of benzene rings is 3. The van der Waals surface area contributed by atoms with Crippen molar-refractivity contribution in [1.82, 2.24) is 20.1 Å². The Morgan fingerprint density at radius 1 is 0.980 bits per heavy atom. The monoisotopic (exact) mass is 696 g/mol. The van der Waals surface area contributed by atoms with Crippen molar-refractivity contribution in [1.29, 1.82) is 0 Å². The largest absolute Gasteiger partial charge is 0.404 e. The molecule has 1 unspecified atom stereocenters. The molecule has 2 aliphatic heterocycles. The molecule has 0 bridgehead atoms. The molecule has 7 nitrogen and oxygen atoms in total. The number of rotatable bonds is 9. The number of aromatic nitrogens is 1. The SMILES string of the molecule is C[C@H](NC(=O)c1c(CN2CCC(N3CCCC3C(F)(F)F)CC2)c(-c2cccc(CF)c2)nc2ccc(S(C)(=O)=O)cc12)c1ccccc1. The molecule has 0 radical (unpaired) electrons. The third kappa shape index (κ3) is 7.66. The fourth-order valence-corrected chi connectivity index (χ4v) is 7.92. The first-order valence-corrected chi connectivity index (χ1v) is 18.4. The van der Waals surface area contributed by atoms with E-state index in [-0.39, 0.29) is 35.5 Å². The molecule has 1 N–H and O–H groups in total. The van der Waals surface area contributed by atoms with E-state index in [0.29, 0.717) is 72.2 Å². The van der Waals surface area contributed by atoms with Gasteiger partial charge in [-0.05, 0) is 87.6 Å². The second-order valence-electron chi connectivity index (χ2n) is 13.1. The molecule has 2 aliphatic rings. The van der Waals surface area contributed by atoms with Crippen LogP contribution in [0.4, 0.5) is 17.6 Å². The summed E-state index contributed by atoms with van der Waals surface area (Å²) in [6.45, 7) is 2.82. The van der Waals surface area contributed by atoms with Gasteiger partial charge in [-0.1, -0.05) is 48.5 Å². The summed E-state index contributed by atoms with van der Waals surface area (Å²) in [5.74, 6) is -0.424. The zero-order chi connectivity index (χ0) is 34.9. The number of likely N-dealkylation sites (tertiary alicyclic amines) is 2. The Labute approximate surface area is 284 Å². The number of piperidine rings is 1. The van der Waals surface area contributed by atoms with Gasteiger partial charge in [0.25, 0.3) is 5.91 Å². The van der Waals surface area contributed by atoms with Crippen molar-refractivity contribution in [3.63, 3.8) is 0 Å². The van der Waals surface area contributed by atoms with Crippen LogP contribution in [-0.2, 0) is 23.1 Å². The summed E-state index contributed by atoms with van der Waals surface area (Å²) < 4.78 is 80.5. The standard InChI is InChI=1S/C37H40F4N4O3S/c1-24(26-9-4-3-5-10-26)42-36(46)34-30-21-29(49(2,47)48)13-14-32(30)43-35(27-11-6-8-25(20-27)22-38)31(34)23-44-18-15-28(16-19-44)45-17-7-12-33(45)37(39,40)41/h3-6,8-11,13-14,20-21,24,28,33H,7,12,15-19,22-23H2,1-2H3,(H,42,46)/t24-,33?/m0/s1. The summed E-state index contributed by atoms with van der Waals surface area (Å²) >= 11 is 0. The van der Waals surface area contributed by atoms with Crippen molar-refractivity contribution in [3.05, 3.63) is 95.1 Å². The third-order valence-corrected chi connectivity index (χ3v) is 10.9. The average Bonchev–Trinajstić information content (AvgIpc) is 3.59. The van der Waals surface area contributed by atoms with E-state index in [1.165, 1.54) is 12.1 Å². The maximum atomic E-state index is 14.4. The molecule has 2 fully saturated rings. The van der Waals surface area contributed by atoms with Gasteiger partial charge in [0.1, 0.15) is 12.7 Å². The van der Waals surface area contributed by atoms with Crippen molar-refractivity contribution in [3.8, 4) is 11.3 Å².